The number of aryl methyl sites for hydroxylation is 2. The number of ether oxygens (including phenoxy) is 1. The minimum absolute atomic E-state index is 0.0644. The molecule has 7 nitrogen and oxygen atoms in total. The molecule has 1 saturated heterocycles. The monoisotopic (exact) mass is 379 g/mol. The van der Waals surface area contributed by atoms with Gasteiger partial charge >= 0.3 is 0 Å². The zero-order valence-electron chi connectivity index (χ0n) is 16.5. The van der Waals surface area contributed by atoms with Crippen molar-refractivity contribution in [3.63, 3.8) is 0 Å². The summed E-state index contributed by atoms with van der Waals surface area (Å²) >= 11 is 0. The lowest BCUT2D eigenvalue weighted by Gasteiger charge is -2.21. The molecule has 1 aromatic carbocycles. The van der Waals surface area contributed by atoms with E-state index in [1.54, 1.807) is 0 Å². The first-order valence-corrected chi connectivity index (χ1v) is 9.94. The predicted molar refractivity (Wildman–Crippen MR) is 106 cm³/mol. The van der Waals surface area contributed by atoms with Crippen LogP contribution in [0.4, 0.5) is 0 Å². The molecule has 0 bridgehead atoms. The summed E-state index contributed by atoms with van der Waals surface area (Å²) in [6, 6.07) is 6.76. The Morgan fingerprint density at radius 1 is 1.29 bits per heavy atom. The fourth-order valence-electron chi connectivity index (χ4n) is 3.96. The number of amides is 1. The molecule has 1 aliphatic heterocycles. The molecule has 1 aliphatic carbocycles. The summed E-state index contributed by atoms with van der Waals surface area (Å²) in [5.41, 5.74) is 4.99. The number of hydrogen-bond donors (Lipinski definition) is 1. The second-order valence-electron chi connectivity index (χ2n) is 8.11. The van der Waals surface area contributed by atoms with Crippen LogP contribution >= 0.6 is 0 Å². The molecule has 3 aromatic rings. The van der Waals surface area contributed by atoms with Crippen LogP contribution in [0.15, 0.2) is 24.5 Å². The van der Waals surface area contributed by atoms with Crippen LogP contribution in [0.3, 0.4) is 0 Å². The maximum absolute atomic E-state index is 11.6. The van der Waals surface area contributed by atoms with E-state index < -0.39 is 0 Å². The van der Waals surface area contributed by atoms with Gasteiger partial charge in [0.15, 0.2) is 0 Å². The molecule has 0 radical (unpaired) electrons. The Morgan fingerprint density at radius 2 is 2.11 bits per heavy atom. The van der Waals surface area contributed by atoms with E-state index in [-0.39, 0.29) is 17.9 Å². The molecular formula is C21H25N5O2. The largest absolute Gasteiger partial charge is 0.488 e. The molecule has 1 N–H and O–H groups in total. The van der Waals surface area contributed by atoms with Crippen LogP contribution in [0.2, 0.25) is 0 Å². The molecule has 1 amide bonds. The van der Waals surface area contributed by atoms with Gasteiger partial charge < -0.3 is 14.6 Å². The van der Waals surface area contributed by atoms with Crippen molar-refractivity contribution in [1.29, 1.82) is 0 Å². The number of hydrogen-bond acceptors (Lipinski definition) is 4. The van der Waals surface area contributed by atoms with Gasteiger partial charge in [0, 0.05) is 43.2 Å². The number of carbonyl (C=O) groups excluding carboxylic acids is 1. The van der Waals surface area contributed by atoms with Crippen molar-refractivity contribution in [3.05, 3.63) is 30.2 Å². The van der Waals surface area contributed by atoms with E-state index in [2.05, 4.69) is 38.2 Å². The Morgan fingerprint density at radius 3 is 2.75 bits per heavy atom. The Balaban J connectivity index is 1.57. The van der Waals surface area contributed by atoms with Gasteiger partial charge in [-0.1, -0.05) is 0 Å². The molecule has 146 valence electrons. The SMILES string of the molecule is Cc1cc(-c2cc(O[C@H](C)C3CNC(=O)C3)c3c(c2)ncn3C2CC2)nn1C. The highest BCUT2D eigenvalue weighted by molar-refractivity contribution is 5.87. The van der Waals surface area contributed by atoms with Crippen molar-refractivity contribution in [2.75, 3.05) is 6.54 Å². The third-order valence-corrected chi connectivity index (χ3v) is 5.97. The van der Waals surface area contributed by atoms with Crippen LogP contribution < -0.4 is 10.1 Å². The number of rotatable bonds is 5. The van der Waals surface area contributed by atoms with Gasteiger partial charge in [0.1, 0.15) is 17.4 Å². The summed E-state index contributed by atoms with van der Waals surface area (Å²) in [5, 5.41) is 7.53. The average molecular weight is 379 g/mol. The van der Waals surface area contributed by atoms with Gasteiger partial charge in [0.25, 0.3) is 0 Å². The van der Waals surface area contributed by atoms with Crippen LogP contribution in [-0.2, 0) is 11.8 Å². The first-order chi connectivity index (χ1) is 13.5. The van der Waals surface area contributed by atoms with Gasteiger partial charge in [-0.05, 0) is 44.9 Å². The highest BCUT2D eigenvalue weighted by Crippen LogP contribution is 2.41. The molecule has 1 saturated carbocycles. The van der Waals surface area contributed by atoms with Gasteiger partial charge in [0.05, 0.1) is 17.5 Å². The van der Waals surface area contributed by atoms with E-state index >= 15 is 0 Å². The van der Waals surface area contributed by atoms with E-state index in [9.17, 15) is 4.79 Å². The standard InChI is InChI=1S/C21H25N5O2/c1-12-6-17(24-25(12)3)14-7-18-21(26(11-23-18)16-4-5-16)19(8-14)28-13(2)15-9-20(27)22-10-15/h6-8,11,13,15-16H,4-5,9-10H2,1-3H3,(H,22,27)/t13-,15?/m1/s1. The number of imidazole rings is 1. The van der Waals surface area contributed by atoms with Gasteiger partial charge in [-0.25, -0.2) is 4.98 Å². The quantitative estimate of drug-likeness (QED) is 0.740. The van der Waals surface area contributed by atoms with Crippen molar-refractivity contribution < 1.29 is 9.53 Å². The van der Waals surface area contributed by atoms with Gasteiger partial charge in [-0.3, -0.25) is 9.48 Å². The highest BCUT2D eigenvalue weighted by Gasteiger charge is 2.30. The lowest BCUT2D eigenvalue weighted by molar-refractivity contribution is -0.119. The minimum atomic E-state index is -0.0644. The zero-order chi connectivity index (χ0) is 19.4. The molecular weight excluding hydrogens is 354 g/mol. The van der Waals surface area contributed by atoms with Gasteiger partial charge in [-0.15, -0.1) is 0 Å². The summed E-state index contributed by atoms with van der Waals surface area (Å²) < 4.78 is 10.6. The van der Waals surface area contributed by atoms with Crippen molar-refractivity contribution >= 4 is 16.9 Å². The van der Waals surface area contributed by atoms with Crippen LogP contribution in [0.1, 0.15) is 37.9 Å². The van der Waals surface area contributed by atoms with E-state index in [4.69, 9.17) is 4.74 Å². The van der Waals surface area contributed by atoms with E-state index in [1.165, 1.54) is 12.8 Å². The number of aromatic nitrogens is 4. The van der Waals surface area contributed by atoms with Gasteiger partial charge in [-0.2, -0.15) is 5.10 Å². The lowest BCUT2D eigenvalue weighted by Crippen LogP contribution is -2.25. The second-order valence-corrected chi connectivity index (χ2v) is 8.11. The smallest absolute Gasteiger partial charge is 0.220 e. The highest BCUT2D eigenvalue weighted by atomic mass is 16.5. The van der Waals surface area contributed by atoms with Crippen molar-refractivity contribution in [2.45, 2.75) is 45.3 Å². The Bertz CT molecular complexity index is 1040. The fraction of sp³-hybridized carbons (Fsp3) is 0.476. The van der Waals surface area contributed by atoms with Crippen molar-refractivity contribution in [2.24, 2.45) is 13.0 Å². The van der Waals surface area contributed by atoms with Crippen LogP contribution in [0.25, 0.3) is 22.3 Å². The van der Waals surface area contributed by atoms with E-state index in [1.807, 2.05) is 31.9 Å². The Labute approximate surface area is 163 Å². The third kappa shape index (κ3) is 2.95. The maximum Gasteiger partial charge on any atom is 0.220 e. The first kappa shape index (κ1) is 17.3. The van der Waals surface area contributed by atoms with Crippen LogP contribution in [0.5, 0.6) is 5.75 Å². The second kappa shape index (κ2) is 6.36. The predicted octanol–water partition coefficient (Wildman–Crippen LogP) is 2.98. The molecule has 7 heteroatoms. The molecule has 2 aromatic heterocycles. The minimum Gasteiger partial charge on any atom is -0.488 e. The molecule has 0 spiro atoms. The molecule has 2 atom stereocenters. The summed E-state index contributed by atoms with van der Waals surface area (Å²) in [6.07, 6.45) is 4.75. The third-order valence-electron chi connectivity index (χ3n) is 5.97. The van der Waals surface area contributed by atoms with E-state index in [0.29, 0.717) is 19.0 Å². The molecule has 2 aliphatic rings. The Kier molecular flexibility index (Phi) is 3.92. The summed E-state index contributed by atoms with van der Waals surface area (Å²) in [7, 11) is 1.95. The van der Waals surface area contributed by atoms with E-state index in [0.717, 1.165) is 33.7 Å². The lowest BCUT2D eigenvalue weighted by atomic mass is 10.0. The summed E-state index contributed by atoms with van der Waals surface area (Å²) in [6.45, 7) is 4.76. The molecule has 1 unspecified atom stereocenters. The van der Waals surface area contributed by atoms with Crippen LogP contribution in [-0.4, -0.2) is 37.9 Å². The number of nitrogens with one attached hydrogen (secondary N) is 1. The van der Waals surface area contributed by atoms with Crippen molar-refractivity contribution in [1.82, 2.24) is 24.6 Å². The number of benzene rings is 1. The molecule has 28 heavy (non-hydrogen) atoms. The van der Waals surface area contributed by atoms with Crippen LogP contribution in [0, 0.1) is 12.8 Å². The normalized spacial score (nSPS) is 20.5. The Hall–Kier alpha value is -2.83. The number of fused-ring (bicyclic) bond motifs is 1. The van der Waals surface area contributed by atoms with Gasteiger partial charge in [0.2, 0.25) is 5.91 Å². The number of nitrogens with zero attached hydrogens (tertiary/aromatic N) is 4. The zero-order valence-corrected chi connectivity index (χ0v) is 16.5. The first-order valence-electron chi connectivity index (χ1n) is 9.94. The molecule has 3 heterocycles. The molecule has 2 fully saturated rings. The number of carbonyl (C=O) groups is 1. The molecule has 5 rings (SSSR count). The average Bonchev–Trinajstić information content (AvgIpc) is 3.10. The topological polar surface area (TPSA) is 74.0 Å². The van der Waals surface area contributed by atoms with Crippen molar-refractivity contribution in [3.8, 4) is 17.0 Å². The maximum atomic E-state index is 11.6. The fourth-order valence-corrected chi connectivity index (χ4v) is 3.96. The summed E-state index contributed by atoms with van der Waals surface area (Å²) in [4.78, 5) is 16.3. The summed E-state index contributed by atoms with van der Waals surface area (Å²) in [5.74, 6) is 1.11.